The molecule has 0 fully saturated rings. The average molecular weight is 239 g/mol. The molecular weight excluding hydrogens is 229 g/mol. The summed E-state index contributed by atoms with van der Waals surface area (Å²) in [6.07, 6.45) is 3.48. The zero-order valence-electron chi connectivity index (χ0n) is 9.47. The summed E-state index contributed by atoms with van der Waals surface area (Å²) in [5, 5.41) is 11.2. The summed E-state index contributed by atoms with van der Waals surface area (Å²) in [4.78, 5) is 4.07. The van der Waals surface area contributed by atoms with Gasteiger partial charge in [-0.2, -0.15) is 0 Å². The fourth-order valence-corrected chi connectivity index (χ4v) is 2.05. The molecule has 0 amide bonds. The highest BCUT2D eigenvalue weighted by atomic mass is 19.1. The van der Waals surface area contributed by atoms with Crippen LogP contribution in [0.2, 0.25) is 0 Å². The number of hydrogen-bond donors (Lipinski definition) is 1. The Balaban J connectivity index is 2.28. The molecule has 0 radical (unpaired) electrons. The predicted octanol–water partition coefficient (Wildman–Crippen LogP) is 3.75. The van der Waals surface area contributed by atoms with Crippen LogP contribution >= 0.6 is 0 Å². The van der Waals surface area contributed by atoms with E-state index in [2.05, 4.69) is 4.98 Å². The number of rotatable bonds is 1. The third-order valence-electron chi connectivity index (χ3n) is 2.94. The smallest absolute Gasteiger partial charge is 0.165 e. The van der Waals surface area contributed by atoms with Gasteiger partial charge in [0, 0.05) is 17.8 Å². The Bertz CT molecular complexity index is 719. The highest BCUT2D eigenvalue weighted by molar-refractivity contribution is 5.96. The van der Waals surface area contributed by atoms with E-state index >= 15 is 0 Å². The van der Waals surface area contributed by atoms with Gasteiger partial charge in [-0.15, -0.1) is 0 Å². The van der Waals surface area contributed by atoms with Gasteiger partial charge in [0.2, 0.25) is 0 Å². The number of halogens is 1. The van der Waals surface area contributed by atoms with Gasteiger partial charge < -0.3 is 5.11 Å². The van der Waals surface area contributed by atoms with E-state index in [4.69, 9.17) is 0 Å². The van der Waals surface area contributed by atoms with Crippen LogP contribution in [-0.4, -0.2) is 10.1 Å². The molecule has 0 aliphatic carbocycles. The minimum Gasteiger partial charge on any atom is -0.505 e. The number of nitrogens with zero attached hydrogens (tertiary/aromatic N) is 1. The number of benzene rings is 2. The van der Waals surface area contributed by atoms with Crippen molar-refractivity contribution in [1.82, 2.24) is 4.98 Å². The zero-order chi connectivity index (χ0) is 12.5. The molecule has 1 N–H and O–H groups in total. The monoisotopic (exact) mass is 239 g/mol. The Morgan fingerprint density at radius 3 is 2.78 bits per heavy atom. The molecule has 0 saturated carbocycles. The number of pyridine rings is 1. The largest absolute Gasteiger partial charge is 0.505 e. The molecule has 88 valence electrons. The average Bonchev–Trinajstić information content (AvgIpc) is 2.41. The molecule has 18 heavy (non-hydrogen) atoms. The Morgan fingerprint density at radius 2 is 1.94 bits per heavy atom. The fraction of sp³-hybridized carbons (Fsp3) is 0. The topological polar surface area (TPSA) is 33.1 Å². The summed E-state index contributed by atoms with van der Waals surface area (Å²) in [5.41, 5.74) is 1.66. The first-order valence-corrected chi connectivity index (χ1v) is 5.57. The second kappa shape index (κ2) is 4.11. The third-order valence-corrected chi connectivity index (χ3v) is 2.94. The Kier molecular flexibility index (Phi) is 2.45. The Labute approximate surface area is 103 Å². The molecule has 0 atom stereocenters. The molecule has 0 unspecified atom stereocenters. The molecular formula is C15H10FNO. The summed E-state index contributed by atoms with van der Waals surface area (Å²) in [5.74, 6) is -0.945. The Morgan fingerprint density at radius 1 is 1.06 bits per heavy atom. The number of hydrogen-bond acceptors (Lipinski definition) is 2. The van der Waals surface area contributed by atoms with Crippen molar-refractivity contribution in [1.29, 1.82) is 0 Å². The molecule has 1 heterocycles. The maximum Gasteiger partial charge on any atom is 0.165 e. The fourth-order valence-electron chi connectivity index (χ4n) is 2.05. The van der Waals surface area contributed by atoms with E-state index in [0.29, 0.717) is 0 Å². The van der Waals surface area contributed by atoms with Crippen molar-refractivity contribution in [3.8, 4) is 16.9 Å². The number of aromatic hydroxyl groups is 1. The third kappa shape index (κ3) is 1.70. The second-order valence-corrected chi connectivity index (χ2v) is 4.07. The van der Waals surface area contributed by atoms with Crippen molar-refractivity contribution in [2.45, 2.75) is 0 Å². The minimum absolute atomic E-state index is 0.333. The number of phenolic OH excluding ortho intramolecular Hbond substituents is 1. The van der Waals surface area contributed by atoms with Gasteiger partial charge in [0.05, 0.1) is 0 Å². The van der Waals surface area contributed by atoms with Gasteiger partial charge in [0.25, 0.3) is 0 Å². The summed E-state index contributed by atoms with van der Waals surface area (Å²) >= 11 is 0. The van der Waals surface area contributed by atoms with E-state index in [1.807, 2.05) is 24.3 Å². The molecule has 0 aliphatic heterocycles. The van der Waals surface area contributed by atoms with Gasteiger partial charge in [-0.1, -0.05) is 24.3 Å². The number of aromatic nitrogens is 1. The van der Waals surface area contributed by atoms with Crippen LogP contribution in [0.25, 0.3) is 21.9 Å². The Hall–Kier alpha value is -2.42. The molecule has 2 aromatic carbocycles. The molecule has 0 bridgehead atoms. The van der Waals surface area contributed by atoms with Crippen LogP contribution in [0.15, 0.2) is 54.9 Å². The van der Waals surface area contributed by atoms with E-state index in [1.165, 1.54) is 12.1 Å². The molecule has 1 aromatic heterocycles. The lowest BCUT2D eigenvalue weighted by Crippen LogP contribution is -1.84. The standard InChI is InChI=1S/C15H10FNO/c16-14-8-10(4-5-15(14)18)12-3-1-2-11-9-17-7-6-13(11)12/h1-9,18H. The number of fused-ring (bicyclic) bond motifs is 1. The molecule has 2 nitrogen and oxygen atoms in total. The molecule has 3 heteroatoms. The summed E-state index contributed by atoms with van der Waals surface area (Å²) in [6.45, 7) is 0. The highest BCUT2D eigenvalue weighted by Gasteiger charge is 2.06. The van der Waals surface area contributed by atoms with Crippen LogP contribution in [0, 0.1) is 5.82 Å². The molecule has 0 spiro atoms. The van der Waals surface area contributed by atoms with Gasteiger partial charge in [0.15, 0.2) is 11.6 Å². The van der Waals surface area contributed by atoms with E-state index in [1.54, 1.807) is 18.5 Å². The summed E-state index contributed by atoms with van der Waals surface area (Å²) in [7, 11) is 0. The second-order valence-electron chi connectivity index (χ2n) is 4.07. The van der Waals surface area contributed by atoms with E-state index in [-0.39, 0.29) is 5.75 Å². The van der Waals surface area contributed by atoms with Crippen LogP contribution in [-0.2, 0) is 0 Å². The van der Waals surface area contributed by atoms with Crippen molar-refractivity contribution in [2.75, 3.05) is 0 Å². The van der Waals surface area contributed by atoms with Gasteiger partial charge in [-0.05, 0) is 34.7 Å². The molecule has 3 aromatic rings. The van der Waals surface area contributed by atoms with Crippen LogP contribution in [0.1, 0.15) is 0 Å². The quantitative estimate of drug-likeness (QED) is 0.701. The SMILES string of the molecule is Oc1ccc(-c2cccc3cnccc23)cc1F. The van der Waals surface area contributed by atoms with Crippen molar-refractivity contribution >= 4 is 10.8 Å². The van der Waals surface area contributed by atoms with Gasteiger partial charge in [-0.3, -0.25) is 4.98 Å². The lowest BCUT2D eigenvalue weighted by molar-refractivity contribution is 0.432. The molecule has 3 rings (SSSR count). The van der Waals surface area contributed by atoms with Crippen LogP contribution in [0.3, 0.4) is 0 Å². The van der Waals surface area contributed by atoms with E-state index < -0.39 is 5.82 Å². The van der Waals surface area contributed by atoms with Crippen LogP contribution in [0.5, 0.6) is 5.75 Å². The summed E-state index contributed by atoms with van der Waals surface area (Å²) < 4.78 is 13.4. The van der Waals surface area contributed by atoms with Crippen LogP contribution < -0.4 is 0 Å². The normalized spacial score (nSPS) is 10.7. The van der Waals surface area contributed by atoms with Crippen molar-refractivity contribution in [2.24, 2.45) is 0 Å². The van der Waals surface area contributed by atoms with Crippen molar-refractivity contribution < 1.29 is 9.50 Å². The van der Waals surface area contributed by atoms with Gasteiger partial charge in [0.1, 0.15) is 0 Å². The van der Waals surface area contributed by atoms with Crippen molar-refractivity contribution in [3.63, 3.8) is 0 Å². The first kappa shape index (κ1) is 10.7. The summed E-state index contributed by atoms with van der Waals surface area (Å²) in [6, 6.07) is 12.1. The van der Waals surface area contributed by atoms with Gasteiger partial charge >= 0.3 is 0 Å². The molecule has 0 aliphatic rings. The van der Waals surface area contributed by atoms with Crippen LogP contribution in [0.4, 0.5) is 4.39 Å². The molecule has 0 saturated heterocycles. The van der Waals surface area contributed by atoms with Gasteiger partial charge in [-0.25, -0.2) is 4.39 Å². The maximum absolute atomic E-state index is 13.4. The zero-order valence-corrected chi connectivity index (χ0v) is 9.47. The minimum atomic E-state index is -0.612. The maximum atomic E-state index is 13.4. The van der Waals surface area contributed by atoms with E-state index in [9.17, 15) is 9.50 Å². The first-order valence-electron chi connectivity index (χ1n) is 5.57. The lowest BCUT2D eigenvalue weighted by Gasteiger charge is -2.07. The highest BCUT2D eigenvalue weighted by Crippen LogP contribution is 2.30. The first-order chi connectivity index (χ1) is 8.75. The van der Waals surface area contributed by atoms with Crippen molar-refractivity contribution in [3.05, 3.63) is 60.7 Å². The number of phenols is 1. The lowest BCUT2D eigenvalue weighted by atomic mass is 9.99. The van der Waals surface area contributed by atoms with E-state index in [0.717, 1.165) is 21.9 Å². The predicted molar refractivity (Wildman–Crippen MR) is 68.8 cm³/mol.